The Hall–Kier alpha value is -1.95. The molecule has 0 bridgehead atoms. The average molecular weight is 276 g/mol. The van der Waals surface area contributed by atoms with E-state index in [-0.39, 0.29) is 12.4 Å². The average Bonchev–Trinajstić information content (AvgIpc) is 2.86. The van der Waals surface area contributed by atoms with Crippen molar-refractivity contribution in [2.24, 2.45) is 5.73 Å². The smallest absolute Gasteiger partial charge is 0.240 e. The van der Waals surface area contributed by atoms with Crippen LogP contribution >= 0.6 is 0 Å². The van der Waals surface area contributed by atoms with Gasteiger partial charge in [0.1, 0.15) is 5.82 Å². The monoisotopic (exact) mass is 276 g/mol. The SMILES string of the molecule is Cc1cc(F)c2c(c1)CCCN2Cc1noc(CN)n1. The quantitative estimate of drug-likeness (QED) is 0.927. The number of hydrogen-bond donors (Lipinski definition) is 1. The summed E-state index contributed by atoms with van der Waals surface area (Å²) >= 11 is 0. The molecule has 1 aromatic heterocycles. The molecule has 0 fully saturated rings. The molecule has 0 amide bonds. The summed E-state index contributed by atoms with van der Waals surface area (Å²) in [7, 11) is 0. The molecule has 0 radical (unpaired) electrons. The van der Waals surface area contributed by atoms with Crippen LogP contribution in [-0.4, -0.2) is 16.7 Å². The number of benzene rings is 1. The lowest BCUT2D eigenvalue weighted by molar-refractivity contribution is 0.374. The molecule has 0 unspecified atom stereocenters. The van der Waals surface area contributed by atoms with Crippen LogP contribution in [-0.2, 0) is 19.5 Å². The molecule has 0 aliphatic carbocycles. The van der Waals surface area contributed by atoms with Gasteiger partial charge in [0.05, 0.1) is 18.8 Å². The van der Waals surface area contributed by atoms with Crippen LogP contribution in [0.4, 0.5) is 10.1 Å². The van der Waals surface area contributed by atoms with Crippen LogP contribution in [0.1, 0.15) is 29.3 Å². The van der Waals surface area contributed by atoms with E-state index in [2.05, 4.69) is 10.1 Å². The predicted octanol–water partition coefficient (Wildman–Crippen LogP) is 1.93. The first kappa shape index (κ1) is 13.1. The van der Waals surface area contributed by atoms with E-state index in [9.17, 15) is 4.39 Å². The third-order valence-electron chi connectivity index (χ3n) is 3.49. The molecule has 106 valence electrons. The number of nitrogens with two attached hydrogens (primary N) is 1. The number of rotatable bonds is 3. The number of halogens is 1. The van der Waals surface area contributed by atoms with Crippen molar-refractivity contribution in [1.29, 1.82) is 0 Å². The topological polar surface area (TPSA) is 68.2 Å². The molecule has 0 atom stereocenters. The fraction of sp³-hybridized carbons (Fsp3) is 0.429. The molecule has 2 aromatic rings. The molecule has 0 saturated heterocycles. The van der Waals surface area contributed by atoms with E-state index in [1.54, 1.807) is 6.07 Å². The summed E-state index contributed by atoms with van der Waals surface area (Å²) in [4.78, 5) is 6.15. The summed E-state index contributed by atoms with van der Waals surface area (Å²) in [6.07, 6.45) is 1.90. The fourth-order valence-corrected chi connectivity index (χ4v) is 2.69. The normalized spacial score (nSPS) is 14.4. The minimum Gasteiger partial charge on any atom is -0.361 e. The highest BCUT2D eigenvalue weighted by molar-refractivity contribution is 5.57. The molecule has 0 spiro atoms. The molecular weight excluding hydrogens is 259 g/mol. The number of nitrogens with zero attached hydrogens (tertiary/aromatic N) is 3. The van der Waals surface area contributed by atoms with Gasteiger partial charge in [0.25, 0.3) is 0 Å². The number of aryl methyl sites for hydroxylation is 2. The largest absolute Gasteiger partial charge is 0.361 e. The zero-order valence-corrected chi connectivity index (χ0v) is 11.4. The van der Waals surface area contributed by atoms with E-state index >= 15 is 0 Å². The maximum Gasteiger partial charge on any atom is 0.240 e. The molecule has 1 aliphatic rings. The van der Waals surface area contributed by atoms with Gasteiger partial charge in [-0.05, 0) is 37.0 Å². The van der Waals surface area contributed by atoms with Crippen molar-refractivity contribution in [1.82, 2.24) is 10.1 Å². The Morgan fingerprint density at radius 1 is 1.45 bits per heavy atom. The Balaban J connectivity index is 1.89. The van der Waals surface area contributed by atoms with E-state index in [4.69, 9.17) is 10.3 Å². The van der Waals surface area contributed by atoms with E-state index in [0.717, 1.165) is 30.5 Å². The molecule has 20 heavy (non-hydrogen) atoms. The zero-order valence-electron chi connectivity index (χ0n) is 11.4. The number of aromatic nitrogens is 2. The van der Waals surface area contributed by atoms with E-state index in [1.807, 2.05) is 17.9 Å². The van der Waals surface area contributed by atoms with Gasteiger partial charge in [-0.15, -0.1) is 0 Å². The maximum atomic E-state index is 14.2. The molecule has 3 rings (SSSR count). The standard InChI is InChI=1S/C14H17FN4O/c1-9-5-10-3-2-4-19(14(10)11(15)6-9)8-12-17-13(7-16)20-18-12/h5-6H,2-4,7-8,16H2,1H3. The summed E-state index contributed by atoms with van der Waals surface area (Å²) in [5.74, 6) is 0.766. The molecule has 2 N–H and O–H groups in total. The maximum absolute atomic E-state index is 14.2. The second-order valence-electron chi connectivity index (χ2n) is 5.09. The minimum atomic E-state index is -0.178. The van der Waals surface area contributed by atoms with Crippen molar-refractivity contribution in [3.63, 3.8) is 0 Å². The van der Waals surface area contributed by atoms with Gasteiger partial charge in [-0.3, -0.25) is 0 Å². The zero-order chi connectivity index (χ0) is 14.1. The highest BCUT2D eigenvalue weighted by atomic mass is 19.1. The minimum absolute atomic E-state index is 0.178. The third-order valence-corrected chi connectivity index (χ3v) is 3.49. The second-order valence-corrected chi connectivity index (χ2v) is 5.09. The van der Waals surface area contributed by atoms with E-state index < -0.39 is 0 Å². The Morgan fingerprint density at radius 3 is 3.05 bits per heavy atom. The van der Waals surface area contributed by atoms with Crippen LogP contribution in [0.25, 0.3) is 0 Å². The molecule has 2 heterocycles. The summed E-state index contributed by atoms with van der Waals surface area (Å²) in [6, 6.07) is 3.62. The summed E-state index contributed by atoms with van der Waals surface area (Å²) in [5.41, 5.74) is 8.12. The molecule has 5 nitrogen and oxygen atoms in total. The first-order valence-corrected chi connectivity index (χ1v) is 6.73. The van der Waals surface area contributed by atoms with Gasteiger partial charge in [0, 0.05) is 6.54 Å². The molecule has 1 aromatic carbocycles. The Bertz CT molecular complexity index is 626. The van der Waals surface area contributed by atoms with Crippen molar-refractivity contribution in [2.45, 2.75) is 32.9 Å². The van der Waals surface area contributed by atoms with Crippen molar-refractivity contribution >= 4 is 5.69 Å². The van der Waals surface area contributed by atoms with Crippen molar-refractivity contribution < 1.29 is 8.91 Å². The highest BCUT2D eigenvalue weighted by Gasteiger charge is 2.22. The fourth-order valence-electron chi connectivity index (χ4n) is 2.69. The first-order chi connectivity index (χ1) is 9.67. The van der Waals surface area contributed by atoms with Gasteiger partial charge in [0.15, 0.2) is 5.82 Å². The second kappa shape index (κ2) is 5.20. The van der Waals surface area contributed by atoms with Crippen LogP contribution in [0.3, 0.4) is 0 Å². The lowest BCUT2D eigenvalue weighted by atomic mass is 9.99. The van der Waals surface area contributed by atoms with Crippen LogP contribution in [0.5, 0.6) is 0 Å². The van der Waals surface area contributed by atoms with Gasteiger partial charge >= 0.3 is 0 Å². The van der Waals surface area contributed by atoms with Crippen LogP contribution in [0, 0.1) is 12.7 Å². The molecule has 6 heteroatoms. The van der Waals surface area contributed by atoms with Crippen LogP contribution in [0.2, 0.25) is 0 Å². The summed E-state index contributed by atoms with van der Waals surface area (Å²) < 4.78 is 19.2. The van der Waals surface area contributed by atoms with Crippen molar-refractivity contribution in [3.05, 3.63) is 40.8 Å². The summed E-state index contributed by atoms with van der Waals surface area (Å²) in [5, 5.41) is 3.87. The number of fused-ring (bicyclic) bond motifs is 1. The predicted molar refractivity (Wildman–Crippen MR) is 72.7 cm³/mol. The molecule has 0 saturated carbocycles. The van der Waals surface area contributed by atoms with Crippen molar-refractivity contribution in [2.75, 3.05) is 11.4 Å². The van der Waals surface area contributed by atoms with Gasteiger partial charge in [-0.25, -0.2) is 4.39 Å². The highest BCUT2D eigenvalue weighted by Crippen LogP contribution is 2.31. The molecular formula is C14H17FN4O. The van der Waals surface area contributed by atoms with Gasteiger partial charge < -0.3 is 15.2 Å². The molecule has 1 aliphatic heterocycles. The van der Waals surface area contributed by atoms with Gasteiger partial charge in [0.2, 0.25) is 5.89 Å². The summed E-state index contributed by atoms with van der Waals surface area (Å²) in [6.45, 7) is 3.36. The van der Waals surface area contributed by atoms with Crippen molar-refractivity contribution in [3.8, 4) is 0 Å². The van der Waals surface area contributed by atoms with Crippen LogP contribution < -0.4 is 10.6 Å². The number of anilines is 1. The van der Waals surface area contributed by atoms with E-state index in [1.165, 1.54) is 0 Å². The Labute approximate surface area is 116 Å². The van der Waals surface area contributed by atoms with Gasteiger partial charge in [-0.1, -0.05) is 11.2 Å². The lowest BCUT2D eigenvalue weighted by Crippen LogP contribution is -2.30. The number of hydrogen-bond acceptors (Lipinski definition) is 5. The van der Waals surface area contributed by atoms with Crippen LogP contribution in [0.15, 0.2) is 16.7 Å². The van der Waals surface area contributed by atoms with E-state index in [0.29, 0.717) is 23.9 Å². The Kier molecular flexibility index (Phi) is 3.40. The third kappa shape index (κ3) is 2.38. The lowest BCUT2D eigenvalue weighted by Gasteiger charge is -2.30. The Morgan fingerprint density at radius 2 is 2.30 bits per heavy atom. The van der Waals surface area contributed by atoms with Gasteiger partial charge in [-0.2, -0.15) is 4.98 Å². The first-order valence-electron chi connectivity index (χ1n) is 6.73.